The van der Waals surface area contributed by atoms with Gasteiger partial charge in [-0.15, -0.1) is 0 Å². The van der Waals surface area contributed by atoms with Crippen LogP contribution in [0, 0.1) is 0 Å². The molecule has 1 atom stereocenters. The van der Waals surface area contributed by atoms with E-state index in [0.29, 0.717) is 16.7 Å². The third-order valence-corrected chi connectivity index (χ3v) is 4.39. The van der Waals surface area contributed by atoms with E-state index in [2.05, 4.69) is 6.07 Å². The summed E-state index contributed by atoms with van der Waals surface area (Å²) >= 11 is 11.9. The molecule has 2 aromatic carbocycles. The number of fused-ring (bicyclic) bond motifs is 1. The zero-order valence-corrected chi connectivity index (χ0v) is 12.8. The van der Waals surface area contributed by atoms with Crippen molar-refractivity contribution in [2.45, 2.75) is 18.9 Å². The van der Waals surface area contributed by atoms with Crippen molar-refractivity contribution in [1.82, 2.24) is 0 Å². The Bertz CT molecular complexity index is 682. The predicted molar refractivity (Wildman–Crippen MR) is 84.0 cm³/mol. The minimum absolute atomic E-state index is 0.0422. The highest BCUT2D eigenvalue weighted by Crippen LogP contribution is 2.29. The van der Waals surface area contributed by atoms with Crippen LogP contribution in [0.1, 0.15) is 22.8 Å². The van der Waals surface area contributed by atoms with E-state index in [9.17, 15) is 4.79 Å². The van der Waals surface area contributed by atoms with Crippen LogP contribution in [0.2, 0.25) is 10.0 Å². The summed E-state index contributed by atoms with van der Waals surface area (Å²) in [7, 11) is 0. The highest BCUT2D eigenvalue weighted by atomic mass is 35.5. The molecule has 1 aliphatic rings. The van der Waals surface area contributed by atoms with Gasteiger partial charge in [0.2, 0.25) is 0 Å². The number of rotatable bonds is 3. The molecule has 4 heteroatoms. The normalized spacial score (nSPS) is 17.3. The Kier molecular flexibility index (Phi) is 4.29. The molecule has 0 spiro atoms. The fourth-order valence-electron chi connectivity index (χ4n) is 2.60. The molecule has 3 rings (SSSR count). The Morgan fingerprint density at radius 1 is 1.14 bits per heavy atom. The van der Waals surface area contributed by atoms with Crippen LogP contribution < -0.4 is 0 Å². The number of halogens is 2. The molecule has 1 heterocycles. The SMILES string of the molecule is O=C(Cc1ccc(Cl)c(Cl)c1)C1OCCc2ccccc21. The van der Waals surface area contributed by atoms with Gasteiger partial charge < -0.3 is 4.74 Å². The summed E-state index contributed by atoms with van der Waals surface area (Å²) in [6.07, 6.45) is 0.659. The second-order valence-corrected chi connectivity index (χ2v) is 5.91. The van der Waals surface area contributed by atoms with Gasteiger partial charge in [0.15, 0.2) is 5.78 Å². The molecule has 0 saturated carbocycles. The molecule has 0 aliphatic carbocycles. The largest absolute Gasteiger partial charge is 0.365 e. The number of carbonyl (C=O) groups is 1. The summed E-state index contributed by atoms with van der Waals surface area (Å²) in [4.78, 5) is 12.5. The smallest absolute Gasteiger partial charge is 0.170 e. The molecule has 0 aromatic heterocycles. The number of ether oxygens (including phenoxy) is 1. The lowest BCUT2D eigenvalue weighted by atomic mass is 9.93. The third kappa shape index (κ3) is 3.13. The molecule has 0 radical (unpaired) electrons. The summed E-state index contributed by atoms with van der Waals surface area (Å²) in [5, 5.41) is 0.957. The molecule has 0 amide bonds. The number of Topliss-reactive ketones (excluding diaryl/α,β-unsaturated/α-hetero) is 1. The summed E-state index contributed by atoms with van der Waals surface area (Å²) < 4.78 is 5.68. The lowest BCUT2D eigenvalue weighted by molar-refractivity contribution is -0.131. The number of carbonyl (C=O) groups excluding carboxylic acids is 1. The summed E-state index contributed by atoms with van der Waals surface area (Å²) in [5.74, 6) is 0.0422. The average Bonchev–Trinajstić information content (AvgIpc) is 2.50. The molecule has 108 valence electrons. The molecule has 2 nitrogen and oxygen atoms in total. The fourth-order valence-corrected chi connectivity index (χ4v) is 2.92. The van der Waals surface area contributed by atoms with Crippen LogP contribution in [0.4, 0.5) is 0 Å². The molecule has 1 aliphatic heterocycles. The Morgan fingerprint density at radius 3 is 2.76 bits per heavy atom. The number of hydrogen-bond acceptors (Lipinski definition) is 2. The zero-order valence-electron chi connectivity index (χ0n) is 11.3. The Labute approximate surface area is 133 Å². The first-order chi connectivity index (χ1) is 10.1. The van der Waals surface area contributed by atoms with Gasteiger partial charge in [-0.25, -0.2) is 0 Å². The first-order valence-corrected chi connectivity index (χ1v) is 7.57. The van der Waals surface area contributed by atoms with Crippen molar-refractivity contribution >= 4 is 29.0 Å². The summed E-state index contributed by atoms with van der Waals surface area (Å²) in [5.41, 5.74) is 3.02. The Hall–Kier alpha value is -1.35. The van der Waals surface area contributed by atoms with Gasteiger partial charge in [0.05, 0.1) is 16.7 Å². The second kappa shape index (κ2) is 6.18. The molecule has 0 bridgehead atoms. The zero-order chi connectivity index (χ0) is 14.8. The Balaban J connectivity index is 1.81. The van der Waals surface area contributed by atoms with E-state index < -0.39 is 6.10 Å². The van der Waals surface area contributed by atoms with E-state index >= 15 is 0 Å². The van der Waals surface area contributed by atoms with Crippen molar-refractivity contribution in [3.8, 4) is 0 Å². The number of benzene rings is 2. The van der Waals surface area contributed by atoms with Crippen LogP contribution in [-0.4, -0.2) is 12.4 Å². The number of hydrogen-bond donors (Lipinski definition) is 0. The molecule has 1 unspecified atom stereocenters. The van der Waals surface area contributed by atoms with Crippen LogP contribution in [0.15, 0.2) is 42.5 Å². The predicted octanol–water partition coefficient (Wildman–Crippen LogP) is 4.42. The van der Waals surface area contributed by atoms with Crippen molar-refractivity contribution < 1.29 is 9.53 Å². The number of ketones is 1. The molecule has 0 fully saturated rings. The molecule has 2 aromatic rings. The molecule has 21 heavy (non-hydrogen) atoms. The van der Waals surface area contributed by atoms with Gasteiger partial charge in [-0.1, -0.05) is 53.5 Å². The fraction of sp³-hybridized carbons (Fsp3) is 0.235. The van der Waals surface area contributed by atoms with Gasteiger partial charge in [-0.3, -0.25) is 4.79 Å². The quantitative estimate of drug-likeness (QED) is 0.836. The van der Waals surface area contributed by atoms with Crippen molar-refractivity contribution in [3.63, 3.8) is 0 Å². The topological polar surface area (TPSA) is 26.3 Å². The van der Waals surface area contributed by atoms with Crippen LogP contribution in [0.5, 0.6) is 0 Å². The van der Waals surface area contributed by atoms with E-state index in [1.165, 1.54) is 5.56 Å². The van der Waals surface area contributed by atoms with Crippen molar-refractivity contribution in [2.24, 2.45) is 0 Å². The lowest BCUT2D eigenvalue weighted by Gasteiger charge is -2.25. The summed E-state index contributed by atoms with van der Waals surface area (Å²) in [6.45, 7) is 0.578. The average molecular weight is 321 g/mol. The molecular weight excluding hydrogens is 307 g/mol. The van der Waals surface area contributed by atoms with Crippen molar-refractivity contribution in [2.75, 3.05) is 6.61 Å². The molecular formula is C17H14Cl2O2. The standard InChI is InChI=1S/C17H14Cl2O2/c18-14-6-5-11(9-15(14)19)10-16(20)17-13-4-2-1-3-12(13)7-8-21-17/h1-6,9,17H,7-8,10H2. The van der Waals surface area contributed by atoms with Crippen LogP contribution in [0.25, 0.3) is 0 Å². The Morgan fingerprint density at radius 2 is 1.95 bits per heavy atom. The lowest BCUT2D eigenvalue weighted by Crippen LogP contribution is -2.24. The van der Waals surface area contributed by atoms with Crippen molar-refractivity contribution in [1.29, 1.82) is 0 Å². The van der Waals surface area contributed by atoms with Crippen molar-refractivity contribution in [3.05, 3.63) is 69.2 Å². The van der Waals surface area contributed by atoms with Gasteiger partial charge in [0.1, 0.15) is 6.10 Å². The van der Waals surface area contributed by atoms with E-state index in [1.807, 2.05) is 24.3 Å². The first kappa shape index (κ1) is 14.6. The monoisotopic (exact) mass is 320 g/mol. The van der Waals surface area contributed by atoms with E-state index in [0.717, 1.165) is 17.5 Å². The van der Waals surface area contributed by atoms with Gasteiger partial charge in [-0.05, 0) is 35.2 Å². The maximum atomic E-state index is 12.5. The minimum atomic E-state index is -0.482. The maximum Gasteiger partial charge on any atom is 0.170 e. The first-order valence-electron chi connectivity index (χ1n) is 6.81. The molecule has 0 saturated heterocycles. The van der Waals surface area contributed by atoms with Gasteiger partial charge in [0.25, 0.3) is 0 Å². The van der Waals surface area contributed by atoms with E-state index in [-0.39, 0.29) is 12.2 Å². The minimum Gasteiger partial charge on any atom is -0.365 e. The van der Waals surface area contributed by atoms with Gasteiger partial charge in [-0.2, -0.15) is 0 Å². The summed E-state index contributed by atoms with van der Waals surface area (Å²) in [6, 6.07) is 13.2. The van der Waals surface area contributed by atoms with E-state index in [1.54, 1.807) is 12.1 Å². The van der Waals surface area contributed by atoms with Crippen LogP contribution in [0.3, 0.4) is 0 Å². The highest BCUT2D eigenvalue weighted by molar-refractivity contribution is 6.42. The third-order valence-electron chi connectivity index (χ3n) is 3.65. The van der Waals surface area contributed by atoms with Crippen LogP contribution >= 0.6 is 23.2 Å². The van der Waals surface area contributed by atoms with Gasteiger partial charge in [0, 0.05) is 6.42 Å². The highest BCUT2D eigenvalue weighted by Gasteiger charge is 2.26. The maximum absolute atomic E-state index is 12.5. The van der Waals surface area contributed by atoms with E-state index in [4.69, 9.17) is 27.9 Å². The van der Waals surface area contributed by atoms with Crippen LogP contribution in [-0.2, 0) is 22.4 Å². The van der Waals surface area contributed by atoms with Gasteiger partial charge >= 0.3 is 0 Å². The second-order valence-electron chi connectivity index (χ2n) is 5.09. The molecule has 0 N–H and O–H groups in total.